The monoisotopic (exact) mass is 493 g/mol. The van der Waals surface area contributed by atoms with Crippen LogP contribution in [-0.4, -0.2) is 29.5 Å². The Labute approximate surface area is 204 Å². The fraction of sp³-hybridized carbons (Fsp3) is 0.269. The van der Waals surface area contributed by atoms with Gasteiger partial charge >= 0.3 is 0 Å². The van der Waals surface area contributed by atoms with Gasteiger partial charge < -0.3 is 0 Å². The highest BCUT2D eigenvalue weighted by Crippen LogP contribution is 2.32. The molecule has 4 rings (SSSR count). The van der Waals surface area contributed by atoms with Crippen molar-refractivity contribution in [2.75, 3.05) is 4.90 Å². The minimum Gasteiger partial charge on any atom is -0.282 e. The number of thiazole rings is 1. The molecule has 0 aliphatic heterocycles. The molecular weight excluding hydrogens is 466 g/mol. The lowest BCUT2D eigenvalue weighted by Gasteiger charge is -2.19. The second-order valence-corrected chi connectivity index (χ2v) is 12.1. The molecule has 4 aromatic rings. The number of fused-ring (bicyclic) bond motifs is 1. The predicted octanol–water partition coefficient (Wildman–Crippen LogP) is 5.27. The first-order chi connectivity index (χ1) is 16.1. The average molecular weight is 494 g/mol. The highest BCUT2D eigenvalue weighted by Gasteiger charge is 2.23. The van der Waals surface area contributed by atoms with Crippen LogP contribution in [0.25, 0.3) is 10.2 Å². The molecule has 0 unspecified atom stereocenters. The Bertz CT molecular complexity index is 1390. The number of aryl methyl sites for hydroxylation is 2. The number of amides is 1. The summed E-state index contributed by atoms with van der Waals surface area (Å²) in [5, 5.41) is 0.120. The standard InChI is InChI=1S/C26H27N3O3S2/c1-17(2)34(31,32)22-10-8-20(9-11-22)15-25(30)29(16-21-7-5-6-12-27-21)26-28-23-13-18(3)19(4)14-24(23)33-26/h5-14,17H,15-16H2,1-4H3. The first-order valence-electron chi connectivity index (χ1n) is 11.1. The van der Waals surface area contributed by atoms with E-state index < -0.39 is 15.1 Å². The Kier molecular flexibility index (Phi) is 6.81. The second kappa shape index (κ2) is 9.64. The van der Waals surface area contributed by atoms with Crippen molar-refractivity contribution in [3.63, 3.8) is 0 Å². The molecule has 0 saturated heterocycles. The molecule has 0 aliphatic carbocycles. The van der Waals surface area contributed by atoms with Gasteiger partial charge in [-0.05, 0) is 80.8 Å². The number of hydrogen-bond acceptors (Lipinski definition) is 6. The van der Waals surface area contributed by atoms with E-state index in [0.29, 0.717) is 11.7 Å². The van der Waals surface area contributed by atoms with Crippen molar-refractivity contribution in [2.45, 2.75) is 50.8 Å². The van der Waals surface area contributed by atoms with E-state index in [2.05, 4.69) is 18.0 Å². The van der Waals surface area contributed by atoms with Gasteiger partial charge in [0.15, 0.2) is 15.0 Å². The Morgan fingerprint density at radius 1 is 1.03 bits per heavy atom. The third kappa shape index (κ3) is 5.03. The second-order valence-electron chi connectivity index (χ2n) is 8.62. The maximum Gasteiger partial charge on any atom is 0.233 e. The maximum atomic E-state index is 13.5. The summed E-state index contributed by atoms with van der Waals surface area (Å²) in [5.74, 6) is -0.127. The molecule has 0 spiro atoms. The minimum atomic E-state index is -3.36. The summed E-state index contributed by atoms with van der Waals surface area (Å²) in [7, 11) is -3.36. The topological polar surface area (TPSA) is 80.2 Å². The van der Waals surface area contributed by atoms with E-state index in [1.165, 1.54) is 16.9 Å². The lowest BCUT2D eigenvalue weighted by Crippen LogP contribution is -2.32. The van der Waals surface area contributed by atoms with Crippen LogP contribution >= 0.6 is 11.3 Å². The molecular formula is C26H27N3O3S2. The molecule has 2 heterocycles. The van der Waals surface area contributed by atoms with Gasteiger partial charge in [0, 0.05) is 6.20 Å². The normalized spacial score (nSPS) is 11.8. The molecule has 6 nitrogen and oxygen atoms in total. The Morgan fingerprint density at radius 3 is 2.38 bits per heavy atom. The summed E-state index contributed by atoms with van der Waals surface area (Å²) in [6, 6.07) is 16.3. The van der Waals surface area contributed by atoms with Crippen LogP contribution in [-0.2, 0) is 27.6 Å². The van der Waals surface area contributed by atoms with Gasteiger partial charge in [-0.1, -0.05) is 29.5 Å². The van der Waals surface area contributed by atoms with Crippen LogP contribution < -0.4 is 4.90 Å². The molecule has 0 aliphatic rings. The van der Waals surface area contributed by atoms with Gasteiger partial charge in [-0.15, -0.1) is 0 Å². The number of anilines is 1. The summed E-state index contributed by atoms with van der Waals surface area (Å²) in [5.41, 5.74) is 4.71. The smallest absolute Gasteiger partial charge is 0.233 e. The molecule has 0 saturated carbocycles. The van der Waals surface area contributed by atoms with Crippen molar-refractivity contribution in [3.8, 4) is 0 Å². The summed E-state index contributed by atoms with van der Waals surface area (Å²) < 4.78 is 25.8. The van der Waals surface area contributed by atoms with Crippen LogP contribution in [0.2, 0.25) is 0 Å². The van der Waals surface area contributed by atoms with Crippen molar-refractivity contribution < 1.29 is 13.2 Å². The van der Waals surface area contributed by atoms with E-state index in [0.717, 1.165) is 27.0 Å². The SMILES string of the molecule is Cc1cc2nc(N(Cc3ccccn3)C(=O)Cc3ccc(S(=O)(=O)C(C)C)cc3)sc2cc1C. The van der Waals surface area contributed by atoms with Crippen LogP contribution in [0.1, 0.15) is 36.2 Å². The minimum absolute atomic E-state index is 0.127. The van der Waals surface area contributed by atoms with Crippen molar-refractivity contribution in [2.24, 2.45) is 0 Å². The number of carbonyl (C=O) groups is 1. The first-order valence-corrected chi connectivity index (χ1v) is 13.4. The molecule has 2 aromatic carbocycles. The zero-order chi connectivity index (χ0) is 24.5. The number of carbonyl (C=O) groups excluding carboxylic acids is 1. The molecule has 2 aromatic heterocycles. The van der Waals surface area contributed by atoms with Crippen LogP contribution in [0.3, 0.4) is 0 Å². The van der Waals surface area contributed by atoms with Gasteiger partial charge in [-0.25, -0.2) is 13.4 Å². The number of benzene rings is 2. The van der Waals surface area contributed by atoms with Crippen LogP contribution in [0, 0.1) is 13.8 Å². The highest BCUT2D eigenvalue weighted by molar-refractivity contribution is 7.92. The highest BCUT2D eigenvalue weighted by atomic mass is 32.2. The third-order valence-corrected chi connectivity index (χ3v) is 9.01. The van der Waals surface area contributed by atoms with Gasteiger partial charge in [0.05, 0.1) is 39.0 Å². The van der Waals surface area contributed by atoms with Crippen molar-refractivity contribution in [3.05, 3.63) is 83.2 Å². The van der Waals surface area contributed by atoms with E-state index in [9.17, 15) is 13.2 Å². The van der Waals surface area contributed by atoms with Crippen LogP contribution in [0.15, 0.2) is 65.7 Å². The molecule has 0 fully saturated rings. The van der Waals surface area contributed by atoms with E-state index in [4.69, 9.17) is 4.98 Å². The third-order valence-electron chi connectivity index (χ3n) is 5.80. The first kappa shape index (κ1) is 24.0. The van der Waals surface area contributed by atoms with E-state index in [-0.39, 0.29) is 17.2 Å². The quantitative estimate of drug-likeness (QED) is 0.351. The fourth-order valence-corrected chi connectivity index (χ4v) is 5.66. The number of rotatable bonds is 7. The predicted molar refractivity (Wildman–Crippen MR) is 137 cm³/mol. The number of hydrogen-bond donors (Lipinski definition) is 0. The van der Waals surface area contributed by atoms with Gasteiger partial charge in [0.25, 0.3) is 0 Å². The molecule has 0 atom stereocenters. The number of pyridine rings is 1. The number of nitrogens with zero attached hydrogens (tertiary/aromatic N) is 3. The van der Waals surface area contributed by atoms with Crippen molar-refractivity contribution in [1.82, 2.24) is 9.97 Å². The molecule has 1 amide bonds. The van der Waals surface area contributed by atoms with Crippen LogP contribution in [0.4, 0.5) is 5.13 Å². The summed E-state index contributed by atoms with van der Waals surface area (Å²) >= 11 is 1.48. The molecule has 8 heteroatoms. The summed E-state index contributed by atoms with van der Waals surface area (Å²) in [4.78, 5) is 24.5. The van der Waals surface area contributed by atoms with E-state index in [1.54, 1.807) is 49.2 Å². The van der Waals surface area contributed by atoms with E-state index >= 15 is 0 Å². The lowest BCUT2D eigenvalue weighted by atomic mass is 10.1. The van der Waals surface area contributed by atoms with Crippen molar-refractivity contribution >= 4 is 42.4 Å². The van der Waals surface area contributed by atoms with Gasteiger partial charge in [-0.2, -0.15) is 0 Å². The molecule has 0 radical (unpaired) electrons. The van der Waals surface area contributed by atoms with Crippen molar-refractivity contribution in [1.29, 1.82) is 0 Å². The van der Waals surface area contributed by atoms with Gasteiger partial charge in [-0.3, -0.25) is 14.7 Å². The Balaban J connectivity index is 1.64. The summed E-state index contributed by atoms with van der Waals surface area (Å²) in [6.07, 6.45) is 1.83. The summed E-state index contributed by atoms with van der Waals surface area (Å²) in [6.45, 7) is 7.73. The molecule has 34 heavy (non-hydrogen) atoms. The number of aromatic nitrogens is 2. The zero-order valence-electron chi connectivity index (χ0n) is 19.6. The number of sulfone groups is 1. The van der Waals surface area contributed by atoms with Gasteiger partial charge in [0.2, 0.25) is 5.91 Å². The van der Waals surface area contributed by atoms with E-state index in [1.807, 2.05) is 31.2 Å². The largest absolute Gasteiger partial charge is 0.282 e. The average Bonchev–Trinajstić information content (AvgIpc) is 3.20. The molecule has 0 N–H and O–H groups in total. The van der Waals surface area contributed by atoms with Crippen LogP contribution in [0.5, 0.6) is 0 Å². The Morgan fingerprint density at radius 2 is 1.74 bits per heavy atom. The fourth-order valence-electron chi connectivity index (χ4n) is 3.54. The maximum absolute atomic E-state index is 13.5. The Hall–Kier alpha value is -3.10. The zero-order valence-corrected chi connectivity index (χ0v) is 21.3. The molecule has 0 bridgehead atoms. The van der Waals surface area contributed by atoms with Gasteiger partial charge in [0.1, 0.15) is 0 Å². The molecule has 176 valence electrons. The lowest BCUT2D eigenvalue weighted by molar-refractivity contribution is -0.118.